The maximum Gasteiger partial charge on any atom is 0.326 e. The van der Waals surface area contributed by atoms with Crippen LogP contribution in [0.5, 0.6) is 0 Å². The first-order valence-electron chi connectivity index (χ1n) is 5.25. The number of aliphatic carboxylic acids is 1. The zero-order valence-electron chi connectivity index (χ0n) is 9.71. The van der Waals surface area contributed by atoms with E-state index in [1.165, 1.54) is 11.3 Å². The quantitative estimate of drug-likeness (QED) is 0.732. The van der Waals surface area contributed by atoms with E-state index in [1.807, 2.05) is 5.38 Å². The fraction of sp³-hybridized carbons (Fsp3) is 0.455. The van der Waals surface area contributed by atoms with E-state index in [0.717, 1.165) is 4.88 Å². The highest BCUT2D eigenvalue weighted by Gasteiger charge is 2.26. The lowest BCUT2D eigenvalue weighted by Crippen LogP contribution is -2.47. The van der Waals surface area contributed by atoms with Crippen molar-refractivity contribution >= 4 is 23.2 Å². The standard InChI is InChI=1S/C11H16N2O3S/c1-6(2)9(11(15)16)13-10(14)8(12)7-4-3-5-17-7/h3-6,8-9H,12H2,1-2H3,(H,13,14)(H,15,16)/t8?,9-/m1/s1. The van der Waals surface area contributed by atoms with Gasteiger partial charge >= 0.3 is 5.97 Å². The second-order valence-corrected chi connectivity index (χ2v) is 5.04. The molecule has 0 aliphatic rings. The number of carboxylic acid groups (broad SMARTS) is 1. The summed E-state index contributed by atoms with van der Waals surface area (Å²) in [4.78, 5) is 23.4. The van der Waals surface area contributed by atoms with Crippen molar-refractivity contribution in [2.24, 2.45) is 11.7 Å². The smallest absolute Gasteiger partial charge is 0.326 e. The molecule has 2 atom stereocenters. The Morgan fingerprint density at radius 2 is 2.12 bits per heavy atom. The number of carbonyl (C=O) groups is 2. The zero-order valence-corrected chi connectivity index (χ0v) is 10.5. The largest absolute Gasteiger partial charge is 0.480 e. The van der Waals surface area contributed by atoms with Gasteiger partial charge in [-0.15, -0.1) is 11.3 Å². The van der Waals surface area contributed by atoms with Crippen LogP contribution >= 0.6 is 11.3 Å². The van der Waals surface area contributed by atoms with Crippen LogP contribution < -0.4 is 11.1 Å². The van der Waals surface area contributed by atoms with Gasteiger partial charge in [-0.25, -0.2) is 4.79 Å². The molecular formula is C11H16N2O3S. The fourth-order valence-electron chi connectivity index (χ4n) is 1.35. The van der Waals surface area contributed by atoms with Crippen LogP contribution in [0.15, 0.2) is 17.5 Å². The summed E-state index contributed by atoms with van der Waals surface area (Å²) in [6.07, 6.45) is 0. The van der Waals surface area contributed by atoms with E-state index in [9.17, 15) is 9.59 Å². The SMILES string of the molecule is CC(C)[C@@H](NC(=O)C(N)c1cccs1)C(=O)O. The minimum absolute atomic E-state index is 0.188. The third-order valence-corrected chi connectivity index (χ3v) is 3.32. The first kappa shape index (κ1) is 13.7. The molecule has 1 aromatic heterocycles. The Hall–Kier alpha value is -1.40. The summed E-state index contributed by atoms with van der Waals surface area (Å²) in [7, 11) is 0. The van der Waals surface area contributed by atoms with Crippen LogP contribution in [0, 0.1) is 5.92 Å². The number of hydrogen-bond acceptors (Lipinski definition) is 4. The van der Waals surface area contributed by atoms with Gasteiger partial charge in [-0.05, 0) is 17.4 Å². The van der Waals surface area contributed by atoms with Crippen molar-refractivity contribution in [3.8, 4) is 0 Å². The van der Waals surface area contributed by atoms with Crippen molar-refractivity contribution in [1.29, 1.82) is 0 Å². The molecule has 94 valence electrons. The zero-order chi connectivity index (χ0) is 13.0. The van der Waals surface area contributed by atoms with Gasteiger partial charge in [-0.1, -0.05) is 19.9 Å². The van der Waals surface area contributed by atoms with Gasteiger partial charge in [0.25, 0.3) is 0 Å². The highest BCUT2D eigenvalue weighted by Crippen LogP contribution is 2.17. The van der Waals surface area contributed by atoms with Gasteiger partial charge < -0.3 is 16.2 Å². The van der Waals surface area contributed by atoms with Crippen LogP contribution in [-0.4, -0.2) is 23.0 Å². The summed E-state index contributed by atoms with van der Waals surface area (Å²) in [6, 6.07) is 1.83. The van der Waals surface area contributed by atoms with Crippen molar-refractivity contribution in [1.82, 2.24) is 5.32 Å². The minimum Gasteiger partial charge on any atom is -0.480 e. The maximum absolute atomic E-state index is 11.8. The van der Waals surface area contributed by atoms with Gasteiger partial charge in [0.15, 0.2) is 0 Å². The molecule has 0 fully saturated rings. The van der Waals surface area contributed by atoms with Gasteiger partial charge in [0, 0.05) is 4.88 Å². The minimum atomic E-state index is -1.05. The molecule has 0 spiro atoms. The highest BCUT2D eigenvalue weighted by molar-refractivity contribution is 7.10. The molecule has 0 bridgehead atoms. The second-order valence-electron chi connectivity index (χ2n) is 4.06. The van der Waals surface area contributed by atoms with E-state index in [4.69, 9.17) is 10.8 Å². The molecule has 1 heterocycles. The molecule has 4 N–H and O–H groups in total. The highest BCUT2D eigenvalue weighted by atomic mass is 32.1. The van der Waals surface area contributed by atoms with Crippen molar-refractivity contribution in [3.05, 3.63) is 22.4 Å². The summed E-state index contributed by atoms with van der Waals surface area (Å²) < 4.78 is 0. The summed E-state index contributed by atoms with van der Waals surface area (Å²) in [6.45, 7) is 3.46. The first-order chi connectivity index (χ1) is 7.93. The molecule has 5 nitrogen and oxygen atoms in total. The van der Waals surface area contributed by atoms with E-state index in [1.54, 1.807) is 26.0 Å². The molecule has 0 aromatic carbocycles. The van der Waals surface area contributed by atoms with Crippen LogP contribution in [0.3, 0.4) is 0 Å². The first-order valence-corrected chi connectivity index (χ1v) is 6.13. The third-order valence-electron chi connectivity index (χ3n) is 2.36. The van der Waals surface area contributed by atoms with Crippen LogP contribution in [0.1, 0.15) is 24.8 Å². The molecule has 1 amide bonds. The number of thiophene rings is 1. The predicted octanol–water partition coefficient (Wildman–Crippen LogP) is 0.973. The lowest BCUT2D eigenvalue weighted by Gasteiger charge is -2.19. The van der Waals surface area contributed by atoms with Crippen LogP contribution in [0.25, 0.3) is 0 Å². The van der Waals surface area contributed by atoms with Crippen molar-refractivity contribution in [3.63, 3.8) is 0 Å². The van der Waals surface area contributed by atoms with E-state index in [2.05, 4.69) is 5.32 Å². The Morgan fingerprint density at radius 3 is 2.53 bits per heavy atom. The number of carbonyl (C=O) groups excluding carboxylic acids is 1. The van der Waals surface area contributed by atoms with Gasteiger partial charge in [0.2, 0.25) is 5.91 Å². The number of carboxylic acids is 1. The summed E-state index contributed by atoms with van der Waals surface area (Å²) in [5.74, 6) is -1.70. The molecule has 0 saturated carbocycles. The molecule has 0 aliphatic heterocycles. The average molecular weight is 256 g/mol. The average Bonchev–Trinajstić information content (AvgIpc) is 2.76. The van der Waals surface area contributed by atoms with E-state index in [-0.39, 0.29) is 5.92 Å². The molecule has 1 unspecified atom stereocenters. The molecule has 6 heteroatoms. The Labute approximate surface area is 104 Å². The Morgan fingerprint density at radius 1 is 1.47 bits per heavy atom. The van der Waals surface area contributed by atoms with Crippen LogP contribution in [0.2, 0.25) is 0 Å². The lowest BCUT2D eigenvalue weighted by atomic mass is 10.0. The number of amides is 1. The van der Waals surface area contributed by atoms with E-state index >= 15 is 0 Å². The Kier molecular flexibility index (Phi) is 4.65. The topological polar surface area (TPSA) is 92.4 Å². The molecular weight excluding hydrogens is 240 g/mol. The van der Waals surface area contributed by atoms with E-state index < -0.39 is 24.0 Å². The van der Waals surface area contributed by atoms with E-state index in [0.29, 0.717) is 0 Å². The van der Waals surface area contributed by atoms with Gasteiger partial charge in [-0.3, -0.25) is 4.79 Å². The molecule has 1 aromatic rings. The lowest BCUT2D eigenvalue weighted by molar-refractivity contribution is -0.143. The number of hydrogen-bond donors (Lipinski definition) is 3. The fourth-order valence-corrected chi connectivity index (χ4v) is 2.08. The molecule has 0 saturated heterocycles. The molecule has 1 rings (SSSR count). The molecule has 17 heavy (non-hydrogen) atoms. The van der Waals surface area contributed by atoms with Crippen molar-refractivity contribution < 1.29 is 14.7 Å². The van der Waals surface area contributed by atoms with Crippen molar-refractivity contribution in [2.45, 2.75) is 25.9 Å². The second kappa shape index (κ2) is 5.79. The van der Waals surface area contributed by atoms with Gasteiger partial charge in [0.1, 0.15) is 12.1 Å². The van der Waals surface area contributed by atoms with Gasteiger partial charge in [0.05, 0.1) is 0 Å². The number of nitrogens with one attached hydrogen (secondary N) is 1. The third kappa shape index (κ3) is 3.54. The monoisotopic (exact) mass is 256 g/mol. The Balaban J connectivity index is 2.68. The summed E-state index contributed by atoms with van der Waals surface area (Å²) >= 11 is 1.37. The molecule has 0 aliphatic carbocycles. The van der Waals surface area contributed by atoms with Crippen LogP contribution in [0.4, 0.5) is 0 Å². The number of nitrogens with two attached hydrogens (primary N) is 1. The maximum atomic E-state index is 11.8. The van der Waals surface area contributed by atoms with Gasteiger partial charge in [-0.2, -0.15) is 0 Å². The number of rotatable bonds is 5. The summed E-state index contributed by atoms with van der Waals surface area (Å²) in [5.41, 5.74) is 5.74. The Bertz CT molecular complexity index is 389. The summed E-state index contributed by atoms with van der Waals surface area (Å²) in [5, 5.41) is 13.2. The van der Waals surface area contributed by atoms with Crippen molar-refractivity contribution in [2.75, 3.05) is 0 Å². The predicted molar refractivity (Wildman–Crippen MR) is 65.7 cm³/mol. The van der Waals surface area contributed by atoms with Crippen LogP contribution in [-0.2, 0) is 9.59 Å². The molecule has 0 radical (unpaired) electrons. The normalized spacial score (nSPS) is 14.4.